The summed E-state index contributed by atoms with van der Waals surface area (Å²) in [6.45, 7) is 6.38. The van der Waals surface area contributed by atoms with Crippen molar-refractivity contribution >= 4 is 6.09 Å². The summed E-state index contributed by atoms with van der Waals surface area (Å²) < 4.78 is 21.4. The fraction of sp³-hybridized carbons (Fsp3) is 0.667. The summed E-state index contributed by atoms with van der Waals surface area (Å²) in [6, 6.07) is 9.57. The van der Waals surface area contributed by atoms with Crippen molar-refractivity contribution in [2.45, 2.75) is 45.6 Å². The van der Waals surface area contributed by atoms with Gasteiger partial charge in [0.25, 0.3) is 0 Å². The van der Waals surface area contributed by atoms with Gasteiger partial charge in [-0.25, -0.2) is 4.79 Å². The molecule has 0 radical (unpaired) electrons. The largest absolute Gasteiger partial charge is 0.445 e. The van der Waals surface area contributed by atoms with Crippen LogP contribution in [0.15, 0.2) is 30.3 Å². The zero-order chi connectivity index (χ0) is 19.4. The number of amides is 1. The first-order chi connectivity index (χ1) is 13.3. The number of hydrogen-bond donors (Lipinski definition) is 1. The predicted molar refractivity (Wildman–Crippen MR) is 106 cm³/mol. The van der Waals surface area contributed by atoms with Gasteiger partial charge in [-0.3, -0.25) is 0 Å². The first-order valence-electron chi connectivity index (χ1n) is 10.0. The molecule has 0 spiro atoms. The number of ether oxygens (including phenoxy) is 4. The third-order valence-corrected chi connectivity index (χ3v) is 3.86. The number of alkyl carbamates (subject to hydrolysis) is 1. The fourth-order valence-corrected chi connectivity index (χ4v) is 2.35. The Hall–Kier alpha value is -1.63. The number of carbonyl (C=O) groups excluding carboxylic acids is 1. The van der Waals surface area contributed by atoms with Crippen LogP contribution in [0.4, 0.5) is 4.79 Å². The summed E-state index contributed by atoms with van der Waals surface area (Å²) in [6.07, 6.45) is 5.82. The van der Waals surface area contributed by atoms with Crippen LogP contribution in [-0.2, 0) is 25.6 Å². The summed E-state index contributed by atoms with van der Waals surface area (Å²) in [4.78, 5) is 11.5. The van der Waals surface area contributed by atoms with Crippen molar-refractivity contribution in [1.29, 1.82) is 0 Å². The molecule has 1 amide bonds. The van der Waals surface area contributed by atoms with E-state index in [2.05, 4.69) is 12.2 Å². The van der Waals surface area contributed by atoms with Gasteiger partial charge in [-0.2, -0.15) is 0 Å². The highest BCUT2D eigenvalue weighted by molar-refractivity contribution is 5.67. The molecule has 1 rings (SSSR count). The van der Waals surface area contributed by atoms with Crippen molar-refractivity contribution in [2.75, 3.05) is 46.2 Å². The molecule has 1 N–H and O–H groups in total. The third-order valence-electron chi connectivity index (χ3n) is 3.86. The molecule has 0 heterocycles. The first kappa shape index (κ1) is 23.4. The first-order valence-corrected chi connectivity index (χ1v) is 10.0. The minimum atomic E-state index is -0.439. The molecule has 0 aromatic heterocycles. The van der Waals surface area contributed by atoms with Crippen molar-refractivity contribution < 1.29 is 23.7 Å². The Kier molecular flexibility index (Phi) is 15.4. The maximum atomic E-state index is 11.5. The normalized spacial score (nSPS) is 10.7. The lowest BCUT2D eigenvalue weighted by molar-refractivity contribution is 0.0143. The molecule has 0 fully saturated rings. The molecule has 0 unspecified atom stereocenters. The standard InChI is InChI=1S/C21H35NO5/c1-2-3-4-5-9-13-24-15-17-26-18-16-25-14-12-22-21(23)27-19-20-10-7-6-8-11-20/h6-8,10-11H,2-5,9,12-19H2,1H3,(H,22,23). The minimum absolute atomic E-state index is 0.266. The Morgan fingerprint density at radius 2 is 1.44 bits per heavy atom. The van der Waals surface area contributed by atoms with Crippen molar-refractivity contribution in [3.63, 3.8) is 0 Å². The van der Waals surface area contributed by atoms with Crippen LogP contribution in [0.5, 0.6) is 0 Å². The van der Waals surface area contributed by atoms with E-state index in [-0.39, 0.29) is 6.61 Å². The summed E-state index contributed by atoms with van der Waals surface area (Å²) in [5.41, 5.74) is 0.960. The van der Waals surface area contributed by atoms with Crippen LogP contribution in [0.3, 0.4) is 0 Å². The quantitative estimate of drug-likeness (QED) is 0.414. The van der Waals surface area contributed by atoms with Crippen LogP contribution >= 0.6 is 0 Å². The van der Waals surface area contributed by atoms with Gasteiger partial charge in [-0.05, 0) is 12.0 Å². The SMILES string of the molecule is CCCCCCCOCCOCCOCCNC(=O)OCc1ccccc1. The molecule has 0 bridgehead atoms. The molecule has 154 valence electrons. The van der Waals surface area contributed by atoms with Crippen molar-refractivity contribution in [3.05, 3.63) is 35.9 Å². The molecule has 0 aliphatic rings. The zero-order valence-electron chi connectivity index (χ0n) is 16.6. The van der Waals surface area contributed by atoms with Gasteiger partial charge in [0, 0.05) is 13.2 Å². The Morgan fingerprint density at radius 1 is 0.815 bits per heavy atom. The van der Waals surface area contributed by atoms with Gasteiger partial charge in [0.2, 0.25) is 0 Å². The van der Waals surface area contributed by atoms with Crippen molar-refractivity contribution in [3.8, 4) is 0 Å². The van der Waals surface area contributed by atoms with E-state index in [4.69, 9.17) is 18.9 Å². The van der Waals surface area contributed by atoms with Gasteiger partial charge >= 0.3 is 6.09 Å². The summed E-state index contributed by atoms with van der Waals surface area (Å²) in [5, 5.41) is 2.65. The number of unbranched alkanes of at least 4 members (excludes halogenated alkanes) is 4. The zero-order valence-corrected chi connectivity index (χ0v) is 16.6. The van der Waals surface area contributed by atoms with Gasteiger partial charge in [0.1, 0.15) is 6.61 Å². The predicted octanol–water partition coefficient (Wildman–Crippen LogP) is 3.93. The van der Waals surface area contributed by atoms with Crippen LogP contribution in [-0.4, -0.2) is 52.3 Å². The maximum Gasteiger partial charge on any atom is 0.407 e. The van der Waals surface area contributed by atoms with E-state index in [0.29, 0.717) is 39.6 Å². The van der Waals surface area contributed by atoms with Crippen LogP contribution in [0.2, 0.25) is 0 Å². The molecule has 0 aliphatic carbocycles. The smallest absolute Gasteiger partial charge is 0.407 e. The number of benzene rings is 1. The fourth-order valence-electron chi connectivity index (χ4n) is 2.35. The molecule has 6 nitrogen and oxygen atoms in total. The average molecular weight is 382 g/mol. The monoisotopic (exact) mass is 381 g/mol. The minimum Gasteiger partial charge on any atom is -0.445 e. The highest BCUT2D eigenvalue weighted by Crippen LogP contribution is 2.02. The van der Waals surface area contributed by atoms with Gasteiger partial charge in [-0.1, -0.05) is 62.9 Å². The van der Waals surface area contributed by atoms with E-state index in [9.17, 15) is 4.79 Å². The van der Waals surface area contributed by atoms with Crippen LogP contribution in [0.25, 0.3) is 0 Å². The lowest BCUT2D eigenvalue weighted by Crippen LogP contribution is -2.28. The van der Waals surface area contributed by atoms with E-state index in [1.54, 1.807) is 0 Å². The maximum absolute atomic E-state index is 11.5. The molecule has 0 atom stereocenters. The second-order valence-electron chi connectivity index (χ2n) is 6.24. The average Bonchev–Trinajstić information content (AvgIpc) is 2.70. The number of rotatable bonds is 17. The lowest BCUT2D eigenvalue weighted by atomic mass is 10.2. The summed E-state index contributed by atoms with van der Waals surface area (Å²) in [5.74, 6) is 0. The number of hydrogen-bond acceptors (Lipinski definition) is 5. The molecular formula is C21H35NO5. The molecule has 6 heteroatoms. The van der Waals surface area contributed by atoms with E-state index >= 15 is 0 Å². The summed E-state index contributed by atoms with van der Waals surface area (Å²) in [7, 11) is 0. The van der Waals surface area contributed by atoms with Gasteiger partial charge in [0.05, 0.1) is 33.0 Å². The van der Waals surface area contributed by atoms with Crippen molar-refractivity contribution in [1.82, 2.24) is 5.32 Å². The van der Waals surface area contributed by atoms with Crippen molar-refractivity contribution in [2.24, 2.45) is 0 Å². The van der Waals surface area contributed by atoms with Crippen LogP contribution in [0.1, 0.15) is 44.6 Å². The molecule has 1 aromatic rings. The molecule has 0 aliphatic heterocycles. The second-order valence-corrected chi connectivity index (χ2v) is 6.24. The number of carbonyl (C=O) groups is 1. The Labute approximate surface area is 163 Å². The Bertz CT molecular complexity index is 455. The van der Waals surface area contributed by atoms with E-state index < -0.39 is 6.09 Å². The molecule has 0 saturated heterocycles. The molecule has 27 heavy (non-hydrogen) atoms. The summed E-state index contributed by atoms with van der Waals surface area (Å²) >= 11 is 0. The van der Waals surface area contributed by atoms with Crippen LogP contribution in [0, 0.1) is 0 Å². The molecular weight excluding hydrogens is 346 g/mol. The van der Waals surface area contributed by atoms with Gasteiger partial charge in [-0.15, -0.1) is 0 Å². The highest BCUT2D eigenvalue weighted by Gasteiger charge is 2.01. The van der Waals surface area contributed by atoms with Crippen LogP contribution < -0.4 is 5.32 Å². The third kappa shape index (κ3) is 15.2. The topological polar surface area (TPSA) is 66.0 Å². The van der Waals surface area contributed by atoms with E-state index in [1.165, 1.54) is 25.7 Å². The van der Waals surface area contributed by atoms with Gasteiger partial charge < -0.3 is 24.3 Å². The Balaban J connectivity index is 1.77. The lowest BCUT2D eigenvalue weighted by Gasteiger charge is -2.08. The van der Waals surface area contributed by atoms with E-state index in [1.807, 2.05) is 30.3 Å². The molecule has 1 aromatic carbocycles. The van der Waals surface area contributed by atoms with E-state index in [0.717, 1.165) is 18.6 Å². The molecule has 0 saturated carbocycles. The van der Waals surface area contributed by atoms with Gasteiger partial charge in [0.15, 0.2) is 0 Å². The Morgan fingerprint density at radius 3 is 2.15 bits per heavy atom. The number of nitrogens with one attached hydrogen (secondary N) is 1. The highest BCUT2D eigenvalue weighted by atomic mass is 16.6. The second kappa shape index (κ2) is 17.8.